The molecule has 3 rings (SSSR count). The number of carbonyl (C=O) groups is 2. The van der Waals surface area contributed by atoms with Crippen molar-refractivity contribution >= 4 is 23.2 Å². The molecule has 1 amide bonds. The van der Waals surface area contributed by atoms with Gasteiger partial charge in [-0.2, -0.15) is 13.2 Å². The van der Waals surface area contributed by atoms with Crippen LogP contribution in [0.3, 0.4) is 0 Å². The zero-order valence-electron chi connectivity index (χ0n) is 19.5. The molecule has 1 saturated heterocycles. The van der Waals surface area contributed by atoms with Gasteiger partial charge in [0.2, 0.25) is 5.91 Å². The molecule has 0 aliphatic carbocycles. The number of aryl methyl sites for hydroxylation is 1. The molecule has 1 aromatic carbocycles. The summed E-state index contributed by atoms with van der Waals surface area (Å²) in [5.74, 6) is -0.875. The number of nitrogens with zero attached hydrogens (tertiary/aromatic N) is 1. The van der Waals surface area contributed by atoms with Crippen molar-refractivity contribution in [3.8, 4) is 0 Å². The second kappa shape index (κ2) is 12.4. The monoisotopic (exact) mass is 493 g/mol. The van der Waals surface area contributed by atoms with Crippen LogP contribution in [0, 0.1) is 0 Å². The van der Waals surface area contributed by atoms with Crippen molar-refractivity contribution in [3.63, 3.8) is 0 Å². The van der Waals surface area contributed by atoms with Crippen molar-refractivity contribution in [1.29, 1.82) is 0 Å². The summed E-state index contributed by atoms with van der Waals surface area (Å²) < 4.78 is 38.6. The molecule has 0 radical (unpaired) electrons. The van der Waals surface area contributed by atoms with Gasteiger partial charge in [-0.3, -0.25) is 4.79 Å². The predicted octanol–water partition coefficient (Wildman–Crippen LogP) is 1.89. The van der Waals surface area contributed by atoms with E-state index in [1.807, 2.05) is 4.90 Å². The van der Waals surface area contributed by atoms with Crippen LogP contribution in [0.5, 0.6) is 0 Å². The molecule has 176 valence electrons. The Bertz CT molecular complexity index is 956. The number of likely N-dealkylation sites (tertiary alicyclic amines) is 1. The van der Waals surface area contributed by atoms with Crippen LogP contribution in [-0.4, -0.2) is 45.7 Å². The minimum atomic E-state index is -4.41. The van der Waals surface area contributed by atoms with Crippen molar-refractivity contribution in [2.75, 3.05) is 6.54 Å². The van der Waals surface area contributed by atoms with Crippen molar-refractivity contribution in [2.45, 2.75) is 63.3 Å². The van der Waals surface area contributed by atoms with Crippen LogP contribution in [0.4, 0.5) is 13.2 Å². The molecule has 2 heterocycles. The summed E-state index contributed by atoms with van der Waals surface area (Å²) in [5, 5.41) is 19.3. The number of carboxylic acid groups (broad SMARTS) is 1. The van der Waals surface area contributed by atoms with Gasteiger partial charge >= 0.3 is 41.7 Å². The standard InChI is InChI=1S/C23H26F3NO4S.Na.H/c24-23(25,26)16-4-1-3-15(13-16)14-18(28)8-6-17-7-11-21(29)27(17)12-2-5-19-9-10-20(32-19)22(30)31;;/h1,3-4,9-10,13,17-18,28H,2,5-8,11-12,14H2,(H,30,31);;/q;+1;-1/t17-,18?;;/m0../s1. The van der Waals surface area contributed by atoms with Crippen LogP contribution < -0.4 is 29.6 Å². The molecule has 33 heavy (non-hydrogen) atoms. The fourth-order valence-electron chi connectivity index (χ4n) is 4.09. The molecule has 2 N–H and O–H groups in total. The first-order chi connectivity index (χ1) is 15.1. The van der Waals surface area contributed by atoms with E-state index in [-0.39, 0.29) is 49.4 Å². The Morgan fingerprint density at radius 1 is 1.27 bits per heavy atom. The molecule has 1 aromatic heterocycles. The zero-order valence-corrected chi connectivity index (χ0v) is 21.3. The van der Waals surface area contributed by atoms with Crippen molar-refractivity contribution in [3.05, 3.63) is 57.3 Å². The smallest absolute Gasteiger partial charge is 1.00 e. The third-order valence-electron chi connectivity index (χ3n) is 5.71. The SMILES string of the molecule is O=C(O)c1ccc(CCCN2C(=O)CC[C@@H]2CCC(O)Cc2cccc(C(F)(F)F)c2)s1.[H-].[Na+]. The van der Waals surface area contributed by atoms with Gasteiger partial charge in [0.05, 0.1) is 11.7 Å². The van der Waals surface area contributed by atoms with Crippen LogP contribution in [0.1, 0.15) is 59.2 Å². The predicted molar refractivity (Wildman–Crippen MR) is 116 cm³/mol. The number of benzene rings is 1. The number of aliphatic hydroxyl groups excluding tert-OH is 1. The normalized spacial score (nSPS) is 17.2. The Labute approximate surface area is 218 Å². The summed E-state index contributed by atoms with van der Waals surface area (Å²) in [4.78, 5) is 26.3. The number of aromatic carboxylic acids is 1. The van der Waals surface area contributed by atoms with Crippen molar-refractivity contribution in [1.82, 2.24) is 4.90 Å². The Kier molecular flexibility index (Phi) is 10.4. The molecule has 1 fully saturated rings. The summed E-state index contributed by atoms with van der Waals surface area (Å²) in [7, 11) is 0. The zero-order chi connectivity index (χ0) is 23.3. The number of carbonyl (C=O) groups excluding carboxylic acids is 1. The molecule has 10 heteroatoms. The fourth-order valence-corrected chi connectivity index (χ4v) is 4.97. The molecule has 5 nitrogen and oxygen atoms in total. The van der Waals surface area contributed by atoms with E-state index in [1.165, 1.54) is 17.4 Å². The average Bonchev–Trinajstić information content (AvgIpc) is 3.34. The maximum absolute atomic E-state index is 12.9. The summed E-state index contributed by atoms with van der Waals surface area (Å²) in [6.07, 6.45) is -1.50. The Hall–Kier alpha value is -1.39. The van der Waals surface area contributed by atoms with Gasteiger partial charge in [-0.25, -0.2) is 4.79 Å². The van der Waals surface area contributed by atoms with Gasteiger partial charge in [-0.15, -0.1) is 11.3 Å². The second-order valence-electron chi connectivity index (χ2n) is 8.09. The van der Waals surface area contributed by atoms with E-state index in [4.69, 9.17) is 5.11 Å². The van der Waals surface area contributed by atoms with Crippen LogP contribution >= 0.6 is 11.3 Å². The maximum atomic E-state index is 12.9. The van der Waals surface area contributed by atoms with E-state index < -0.39 is 23.8 Å². The van der Waals surface area contributed by atoms with Gasteiger partial charge in [0.25, 0.3) is 0 Å². The van der Waals surface area contributed by atoms with Gasteiger partial charge < -0.3 is 16.5 Å². The Morgan fingerprint density at radius 3 is 2.70 bits per heavy atom. The largest absolute Gasteiger partial charge is 1.00 e. The molecule has 0 saturated carbocycles. The quantitative estimate of drug-likeness (QED) is 0.496. The molecular formula is C23H27F3NNaO4S. The maximum Gasteiger partial charge on any atom is 1.00 e. The topological polar surface area (TPSA) is 77.8 Å². The Balaban J connectivity index is 0.00000289. The van der Waals surface area contributed by atoms with Gasteiger partial charge in [-0.1, -0.05) is 18.2 Å². The number of rotatable bonds is 10. The molecule has 2 aromatic rings. The molecule has 2 atom stereocenters. The number of hydrogen-bond donors (Lipinski definition) is 2. The van der Waals surface area contributed by atoms with Crippen LogP contribution in [-0.2, 0) is 23.8 Å². The van der Waals surface area contributed by atoms with Crippen LogP contribution in [0.15, 0.2) is 36.4 Å². The first-order valence-electron chi connectivity index (χ1n) is 10.6. The summed E-state index contributed by atoms with van der Waals surface area (Å²) >= 11 is 1.24. The number of aliphatic hydroxyl groups is 1. The van der Waals surface area contributed by atoms with Gasteiger partial charge in [0.1, 0.15) is 4.88 Å². The number of alkyl halides is 3. The van der Waals surface area contributed by atoms with Crippen molar-refractivity contribution < 1.29 is 64.0 Å². The average molecular weight is 494 g/mol. The van der Waals surface area contributed by atoms with Crippen LogP contribution in [0.2, 0.25) is 0 Å². The summed E-state index contributed by atoms with van der Waals surface area (Å²) in [5.41, 5.74) is -0.292. The fraction of sp³-hybridized carbons (Fsp3) is 0.478. The third kappa shape index (κ3) is 8.10. The molecule has 0 bridgehead atoms. The number of halogens is 3. The van der Waals surface area contributed by atoms with Gasteiger partial charge in [0.15, 0.2) is 0 Å². The number of thiophene rings is 1. The number of carboxylic acids is 1. The van der Waals surface area contributed by atoms with Crippen molar-refractivity contribution in [2.24, 2.45) is 0 Å². The van der Waals surface area contributed by atoms with Crippen LogP contribution in [0.25, 0.3) is 0 Å². The molecule has 1 aliphatic heterocycles. The minimum Gasteiger partial charge on any atom is -1.00 e. The van der Waals surface area contributed by atoms with E-state index in [0.29, 0.717) is 55.5 Å². The number of amides is 1. The van der Waals surface area contributed by atoms with E-state index in [1.54, 1.807) is 18.2 Å². The van der Waals surface area contributed by atoms with Gasteiger partial charge in [0, 0.05) is 23.9 Å². The summed E-state index contributed by atoms with van der Waals surface area (Å²) in [6, 6.07) is 8.38. The molecule has 1 aliphatic rings. The number of hydrogen-bond acceptors (Lipinski definition) is 4. The minimum absolute atomic E-state index is 0. The van der Waals surface area contributed by atoms with E-state index in [2.05, 4.69) is 0 Å². The Morgan fingerprint density at radius 2 is 2.03 bits per heavy atom. The first kappa shape index (κ1) is 27.9. The van der Waals surface area contributed by atoms with E-state index in [9.17, 15) is 27.9 Å². The summed E-state index contributed by atoms with van der Waals surface area (Å²) in [6.45, 7) is 0.563. The first-order valence-corrected chi connectivity index (χ1v) is 11.4. The van der Waals surface area contributed by atoms with E-state index in [0.717, 1.165) is 17.0 Å². The second-order valence-corrected chi connectivity index (χ2v) is 9.26. The third-order valence-corrected chi connectivity index (χ3v) is 6.84. The van der Waals surface area contributed by atoms with Gasteiger partial charge in [-0.05, 0) is 62.3 Å². The molecular weight excluding hydrogens is 466 g/mol. The van der Waals surface area contributed by atoms with E-state index >= 15 is 0 Å². The molecule has 1 unspecified atom stereocenters. The molecule has 0 spiro atoms.